The van der Waals surface area contributed by atoms with E-state index in [1.165, 1.54) is 0 Å². The zero-order chi connectivity index (χ0) is 8.27. The minimum Gasteiger partial charge on any atom is -0.611 e. The molecule has 0 aromatic heterocycles. The van der Waals surface area contributed by atoms with Crippen molar-refractivity contribution in [3.63, 3.8) is 0 Å². The van der Waals surface area contributed by atoms with Gasteiger partial charge in [0.2, 0.25) is 0 Å². The molecular formula is C9H11OS. The van der Waals surface area contributed by atoms with E-state index in [9.17, 15) is 4.55 Å². The second-order valence-corrected chi connectivity index (χ2v) is 3.95. The Bertz CT molecular complexity index is 235. The topological polar surface area (TPSA) is 23.1 Å². The van der Waals surface area contributed by atoms with Crippen molar-refractivity contribution in [1.29, 1.82) is 0 Å². The summed E-state index contributed by atoms with van der Waals surface area (Å²) in [6, 6.07) is 7.53. The lowest BCUT2D eigenvalue weighted by Crippen LogP contribution is -2.05. The van der Waals surface area contributed by atoms with Crippen molar-refractivity contribution in [2.24, 2.45) is 0 Å². The molecule has 0 spiro atoms. The zero-order valence-corrected chi connectivity index (χ0v) is 7.36. The van der Waals surface area contributed by atoms with E-state index in [-0.39, 0.29) is 0 Å². The fraction of sp³-hybridized carbons (Fsp3) is 0.222. The van der Waals surface area contributed by atoms with Crippen molar-refractivity contribution < 1.29 is 4.55 Å². The Hall–Kier alpha value is -0.470. The Kier molecular flexibility index (Phi) is 2.97. The van der Waals surface area contributed by atoms with E-state index >= 15 is 0 Å². The molecule has 0 aliphatic rings. The maximum absolute atomic E-state index is 11.3. The Labute approximate surface area is 70.6 Å². The van der Waals surface area contributed by atoms with Crippen LogP contribution in [-0.2, 0) is 11.2 Å². The van der Waals surface area contributed by atoms with Gasteiger partial charge >= 0.3 is 0 Å². The van der Waals surface area contributed by atoms with Gasteiger partial charge in [0, 0.05) is 5.56 Å². The highest BCUT2D eigenvalue weighted by Gasteiger charge is 2.09. The molecule has 1 aromatic carbocycles. The summed E-state index contributed by atoms with van der Waals surface area (Å²) in [6.07, 6.45) is 0. The highest BCUT2D eigenvalue weighted by molar-refractivity contribution is 7.91. The second kappa shape index (κ2) is 3.79. The molecule has 1 atom stereocenters. The van der Waals surface area contributed by atoms with E-state index in [0.717, 1.165) is 10.5 Å². The average Bonchev–Trinajstić information content (AvgIpc) is 2.04. The Balaban J connectivity index is 2.93. The smallest absolute Gasteiger partial charge is 0.155 e. The lowest BCUT2D eigenvalue weighted by atomic mass is 10.2. The van der Waals surface area contributed by atoms with Crippen LogP contribution in [0.25, 0.3) is 0 Å². The van der Waals surface area contributed by atoms with Gasteiger partial charge in [-0.2, -0.15) is 0 Å². The van der Waals surface area contributed by atoms with Crippen molar-refractivity contribution in [2.75, 3.05) is 5.75 Å². The molecule has 2 heteroatoms. The van der Waals surface area contributed by atoms with Crippen LogP contribution in [0.3, 0.4) is 0 Å². The summed E-state index contributed by atoms with van der Waals surface area (Å²) in [6.45, 7) is 5.70. The summed E-state index contributed by atoms with van der Waals surface area (Å²) in [5.74, 6) is 0.659. The lowest BCUT2D eigenvalue weighted by Gasteiger charge is -2.09. The van der Waals surface area contributed by atoms with Gasteiger partial charge in [0.05, 0.1) is 0 Å². The second-order valence-electron chi connectivity index (χ2n) is 2.24. The molecular weight excluding hydrogens is 156 g/mol. The molecule has 0 heterocycles. The molecule has 1 aromatic rings. The molecule has 1 unspecified atom stereocenters. The first kappa shape index (κ1) is 8.62. The maximum atomic E-state index is 11.3. The van der Waals surface area contributed by atoms with Gasteiger partial charge in [-0.25, -0.2) is 0 Å². The number of hydrogen-bond donors (Lipinski definition) is 0. The Morgan fingerprint density at radius 3 is 2.64 bits per heavy atom. The molecule has 1 rings (SSSR count). The third kappa shape index (κ3) is 1.98. The van der Waals surface area contributed by atoms with Gasteiger partial charge < -0.3 is 4.55 Å². The fourth-order valence-corrected chi connectivity index (χ4v) is 1.78. The van der Waals surface area contributed by atoms with E-state index in [0.29, 0.717) is 5.75 Å². The van der Waals surface area contributed by atoms with Gasteiger partial charge in [0.25, 0.3) is 0 Å². The van der Waals surface area contributed by atoms with E-state index in [2.05, 4.69) is 6.92 Å². The van der Waals surface area contributed by atoms with Gasteiger partial charge in [0.1, 0.15) is 5.75 Å². The quantitative estimate of drug-likeness (QED) is 0.618. The van der Waals surface area contributed by atoms with Crippen molar-refractivity contribution in [1.82, 2.24) is 0 Å². The minimum absolute atomic E-state index is 0.659. The van der Waals surface area contributed by atoms with Gasteiger partial charge in [0.15, 0.2) is 4.90 Å². The maximum Gasteiger partial charge on any atom is 0.155 e. The average molecular weight is 167 g/mol. The van der Waals surface area contributed by atoms with E-state index in [1.807, 2.05) is 31.2 Å². The number of rotatable bonds is 2. The minimum atomic E-state index is -0.864. The Morgan fingerprint density at radius 1 is 1.45 bits per heavy atom. The first-order valence-electron chi connectivity index (χ1n) is 3.55. The molecule has 11 heavy (non-hydrogen) atoms. The predicted octanol–water partition coefficient (Wildman–Crippen LogP) is 2.00. The van der Waals surface area contributed by atoms with E-state index in [1.54, 1.807) is 0 Å². The fourth-order valence-electron chi connectivity index (χ4n) is 0.881. The molecule has 0 amide bonds. The molecule has 0 saturated carbocycles. The Morgan fingerprint density at radius 2 is 2.09 bits per heavy atom. The van der Waals surface area contributed by atoms with Crippen LogP contribution in [-0.4, -0.2) is 10.3 Å². The van der Waals surface area contributed by atoms with Gasteiger partial charge in [-0.1, -0.05) is 18.2 Å². The van der Waals surface area contributed by atoms with Crippen molar-refractivity contribution in [3.8, 4) is 0 Å². The third-order valence-corrected chi connectivity index (χ3v) is 2.89. The van der Waals surface area contributed by atoms with Crippen LogP contribution in [0.5, 0.6) is 0 Å². The zero-order valence-electron chi connectivity index (χ0n) is 6.54. The summed E-state index contributed by atoms with van der Waals surface area (Å²) < 4.78 is 11.3. The standard InChI is InChI=1S/C9H11OS/c1-3-11(10)9-7-5-4-6-8(9)2/h4-7H,2-3H2,1H3. The van der Waals surface area contributed by atoms with Gasteiger partial charge in [-0.3, -0.25) is 0 Å². The molecule has 0 saturated heterocycles. The van der Waals surface area contributed by atoms with Crippen LogP contribution < -0.4 is 0 Å². The monoisotopic (exact) mass is 167 g/mol. The molecule has 0 bridgehead atoms. The summed E-state index contributed by atoms with van der Waals surface area (Å²) >= 11 is -0.864. The van der Waals surface area contributed by atoms with Crippen molar-refractivity contribution in [3.05, 3.63) is 36.8 Å². The van der Waals surface area contributed by atoms with Gasteiger partial charge in [-0.05, 0) is 31.1 Å². The summed E-state index contributed by atoms with van der Waals surface area (Å²) in [7, 11) is 0. The van der Waals surface area contributed by atoms with Crippen LogP contribution in [0.1, 0.15) is 12.5 Å². The van der Waals surface area contributed by atoms with E-state index < -0.39 is 11.2 Å². The van der Waals surface area contributed by atoms with Crippen LogP contribution in [0.15, 0.2) is 29.2 Å². The largest absolute Gasteiger partial charge is 0.611 e. The molecule has 0 aliphatic carbocycles. The SMILES string of the molecule is [CH2]c1ccccc1[S+]([O-])CC. The normalized spacial score (nSPS) is 13.0. The predicted molar refractivity (Wildman–Crippen MR) is 47.9 cm³/mol. The highest BCUT2D eigenvalue weighted by Crippen LogP contribution is 2.14. The summed E-state index contributed by atoms with van der Waals surface area (Å²) in [5.41, 5.74) is 0.868. The molecule has 59 valence electrons. The third-order valence-electron chi connectivity index (χ3n) is 1.48. The first-order valence-corrected chi connectivity index (χ1v) is 4.87. The molecule has 0 aliphatic heterocycles. The molecule has 0 fully saturated rings. The van der Waals surface area contributed by atoms with Crippen molar-refractivity contribution in [2.45, 2.75) is 11.8 Å². The van der Waals surface area contributed by atoms with Crippen LogP contribution in [0.4, 0.5) is 0 Å². The lowest BCUT2D eigenvalue weighted by molar-refractivity contribution is 0.596. The molecule has 1 radical (unpaired) electrons. The van der Waals surface area contributed by atoms with Crippen LogP contribution in [0.2, 0.25) is 0 Å². The van der Waals surface area contributed by atoms with E-state index in [4.69, 9.17) is 0 Å². The van der Waals surface area contributed by atoms with Crippen molar-refractivity contribution >= 4 is 11.2 Å². The molecule has 1 nitrogen and oxygen atoms in total. The highest BCUT2D eigenvalue weighted by atomic mass is 32.2. The number of hydrogen-bond acceptors (Lipinski definition) is 1. The summed E-state index contributed by atoms with van der Waals surface area (Å²) in [4.78, 5) is 0.856. The van der Waals surface area contributed by atoms with Crippen LogP contribution >= 0.6 is 0 Å². The first-order chi connectivity index (χ1) is 5.25. The summed E-state index contributed by atoms with van der Waals surface area (Å²) in [5, 5.41) is 0. The van der Waals surface area contributed by atoms with Crippen LogP contribution in [0, 0.1) is 6.92 Å². The van der Waals surface area contributed by atoms with Gasteiger partial charge in [-0.15, -0.1) is 0 Å². The molecule has 0 N–H and O–H groups in total. The number of benzene rings is 1.